The molecule has 602 valence electrons. The van der Waals surface area contributed by atoms with E-state index in [1.807, 2.05) is 0 Å². The molecule has 4 N–H and O–H groups in total. The Balaban J connectivity index is 4.39. The molecule has 0 heterocycles. The van der Waals surface area contributed by atoms with E-state index < -0.39 is 91.5 Å². The molecular weight excluding hydrogens is 1360 g/mol. The molecule has 16 nitrogen and oxygen atoms in total. The van der Waals surface area contributed by atoms with Crippen molar-refractivity contribution in [2.45, 2.75) is 347 Å². The van der Waals surface area contributed by atoms with Gasteiger partial charge in [0.05, 0.1) is 26.4 Å². The Hall–Kier alpha value is -4.57. The van der Waals surface area contributed by atoms with Crippen LogP contribution in [0, 0.1) is 0 Å². The number of hydrogen-bond acceptors (Lipinski definition) is 14. The molecule has 0 bridgehead atoms. The highest BCUT2D eigenvalue weighted by atomic mass is 31.2. The van der Waals surface area contributed by atoms with E-state index in [9.17, 15) is 43.5 Å². The second-order valence-electron chi connectivity index (χ2n) is 27.2. The summed E-state index contributed by atoms with van der Waals surface area (Å²) in [5.74, 6) is -1.59. The summed E-state index contributed by atoms with van der Waals surface area (Å²) >= 11 is 0. The number of hydrogen-bond donors (Lipinski definition) is 4. The predicted molar refractivity (Wildman–Crippen MR) is 436 cm³/mol. The van der Waals surface area contributed by atoms with E-state index in [4.69, 9.17) is 32.3 Å². The summed E-state index contributed by atoms with van der Waals surface area (Å²) in [5.41, 5.74) is 0. The fraction of sp³-hybridized carbons (Fsp3) is 0.690. The van der Waals surface area contributed by atoms with Crippen LogP contribution in [-0.4, -0.2) is 95.9 Å². The minimum atomic E-state index is -4.93. The van der Waals surface area contributed by atoms with Gasteiger partial charge in [-0.15, -0.1) is 0 Å². The number of aliphatic hydroxyl groups is 2. The third kappa shape index (κ3) is 80.3. The first-order valence-electron chi connectivity index (χ1n) is 41.1. The van der Waals surface area contributed by atoms with E-state index in [0.717, 1.165) is 167 Å². The van der Waals surface area contributed by atoms with Crippen molar-refractivity contribution in [3.8, 4) is 0 Å². The average molecular weight is 1510 g/mol. The van der Waals surface area contributed by atoms with Crippen LogP contribution in [-0.2, 0) is 55.8 Å². The van der Waals surface area contributed by atoms with Crippen LogP contribution >= 0.6 is 15.6 Å². The van der Waals surface area contributed by atoms with E-state index in [0.29, 0.717) is 19.3 Å². The summed E-state index contributed by atoms with van der Waals surface area (Å²) in [4.78, 5) is 58.6. The van der Waals surface area contributed by atoms with Crippen molar-refractivity contribution >= 4 is 33.6 Å². The molecule has 0 aromatic rings. The zero-order chi connectivity index (χ0) is 76.6. The van der Waals surface area contributed by atoms with Gasteiger partial charge in [0.25, 0.3) is 0 Å². The van der Waals surface area contributed by atoms with Crippen molar-refractivity contribution in [2.24, 2.45) is 0 Å². The summed E-state index contributed by atoms with van der Waals surface area (Å²) in [6, 6.07) is 0. The standard InChI is InChI=1S/C87H148O16P2/c1-4-7-10-13-16-19-22-24-26-28-30-32-34-36-37-38-39-40-41-42-43-45-47-48-50-52-54-56-59-61-64-67-70-73-85(90)97-76-82(88)77-99-104(93,94)100-78-83(89)79-101-105(95,96)102-81-84(103-87(92)75-72-69-66-63-58-21-18-15-12-9-6-3)80-98-86(91)74-71-68-65-62-60-57-55-53-51-49-46-44-35-33-31-29-27-25-23-20-17-14-11-8-5-2/h7-8,10-11,15-20,24-27,30-33,36-37,39-40,44,46,82-84,88-89H,4-6,9,12-14,21-23,28-29,34-35,38,41-43,45,47-81H2,1-3H3,(H,93,94)(H,95,96)/b10-7-,11-8-,18-15-,19-16-,20-17-,26-24-,27-25-,32-30-,33-31-,37-36-,40-39-,46-44-. The lowest BCUT2D eigenvalue weighted by molar-refractivity contribution is -0.161. The minimum absolute atomic E-state index is 0.0906. The molecule has 5 atom stereocenters. The molecule has 0 aliphatic heterocycles. The number of phosphoric ester groups is 2. The summed E-state index contributed by atoms with van der Waals surface area (Å²) in [5, 5.41) is 20.6. The van der Waals surface area contributed by atoms with Crippen molar-refractivity contribution in [1.29, 1.82) is 0 Å². The molecule has 0 spiro atoms. The van der Waals surface area contributed by atoms with Crippen LogP contribution < -0.4 is 0 Å². The molecule has 0 fully saturated rings. The molecule has 0 aromatic carbocycles. The molecule has 0 aromatic heterocycles. The highest BCUT2D eigenvalue weighted by Gasteiger charge is 2.29. The molecule has 0 rings (SSSR count). The smallest absolute Gasteiger partial charge is 0.463 e. The molecule has 0 aliphatic rings. The lowest BCUT2D eigenvalue weighted by Crippen LogP contribution is -2.30. The number of unbranched alkanes of at least 4 members (excludes halogenated alkanes) is 30. The Morgan fingerprint density at radius 1 is 0.276 bits per heavy atom. The largest absolute Gasteiger partial charge is 0.472 e. The van der Waals surface area contributed by atoms with Gasteiger partial charge in [-0.05, 0) is 135 Å². The van der Waals surface area contributed by atoms with Crippen LogP contribution in [0.3, 0.4) is 0 Å². The van der Waals surface area contributed by atoms with Crippen LogP contribution in [0.2, 0.25) is 0 Å². The molecule has 0 amide bonds. The van der Waals surface area contributed by atoms with Crippen LogP contribution in [0.4, 0.5) is 0 Å². The second-order valence-corrected chi connectivity index (χ2v) is 30.1. The number of esters is 3. The number of aliphatic hydroxyl groups excluding tert-OH is 2. The summed E-state index contributed by atoms with van der Waals surface area (Å²) in [6.07, 6.45) is 97.7. The maximum Gasteiger partial charge on any atom is 0.472 e. The molecule has 105 heavy (non-hydrogen) atoms. The van der Waals surface area contributed by atoms with Crippen LogP contribution in [0.15, 0.2) is 146 Å². The molecule has 0 saturated heterocycles. The summed E-state index contributed by atoms with van der Waals surface area (Å²) < 4.78 is 61.1. The number of carbonyl (C=O) groups is 3. The molecule has 0 saturated carbocycles. The Morgan fingerprint density at radius 2 is 0.505 bits per heavy atom. The van der Waals surface area contributed by atoms with Crippen molar-refractivity contribution < 1.29 is 75.8 Å². The number of rotatable bonds is 77. The van der Waals surface area contributed by atoms with Crippen LogP contribution in [0.25, 0.3) is 0 Å². The van der Waals surface area contributed by atoms with E-state index >= 15 is 0 Å². The van der Waals surface area contributed by atoms with Gasteiger partial charge in [-0.2, -0.15) is 0 Å². The van der Waals surface area contributed by atoms with Crippen molar-refractivity contribution in [1.82, 2.24) is 0 Å². The van der Waals surface area contributed by atoms with E-state index in [-0.39, 0.29) is 19.3 Å². The van der Waals surface area contributed by atoms with Gasteiger partial charge in [-0.1, -0.05) is 321 Å². The molecular formula is C87H148O16P2. The highest BCUT2D eigenvalue weighted by Crippen LogP contribution is 2.45. The quantitative estimate of drug-likeness (QED) is 0.0146. The van der Waals surface area contributed by atoms with Gasteiger partial charge in [0.2, 0.25) is 0 Å². The first-order chi connectivity index (χ1) is 51.2. The Labute approximate surface area is 638 Å². The Morgan fingerprint density at radius 3 is 0.810 bits per heavy atom. The minimum Gasteiger partial charge on any atom is -0.463 e. The summed E-state index contributed by atoms with van der Waals surface area (Å²) in [6.45, 7) is 2.41. The molecule has 5 unspecified atom stereocenters. The molecule has 0 aliphatic carbocycles. The number of ether oxygens (including phenoxy) is 3. The predicted octanol–water partition coefficient (Wildman–Crippen LogP) is 24.4. The first-order valence-corrected chi connectivity index (χ1v) is 44.1. The fourth-order valence-electron chi connectivity index (χ4n) is 10.8. The van der Waals surface area contributed by atoms with Crippen LogP contribution in [0.5, 0.6) is 0 Å². The SMILES string of the molecule is CC/C=C\C/C=C\C/C=C\C/C=C\C/C=C\C/C=C\CCCCCCCCCCCCCCCCC(=O)OCC(O)COP(=O)(O)OCC(O)COP(=O)(O)OCC(COC(=O)CCCCCCCCCCC/C=C\C/C=C\C/C=C\C/C=C\C/C=C\CC)OC(=O)CCCCCCC/C=C\CCCC. The number of phosphoric acid groups is 2. The monoisotopic (exact) mass is 1510 g/mol. The normalized spacial score (nSPS) is 14.7. The van der Waals surface area contributed by atoms with Gasteiger partial charge in [0, 0.05) is 19.3 Å². The average Bonchev–Trinajstić information content (AvgIpc) is 0.933. The Kier molecular flexibility index (Phi) is 75.6. The maximum absolute atomic E-state index is 12.9. The maximum atomic E-state index is 12.9. The van der Waals surface area contributed by atoms with E-state index in [2.05, 4.69) is 167 Å². The lowest BCUT2D eigenvalue weighted by atomic mass is 10.0. The van der Waals surface area contributed by atoms with Crippen molar-refractivity contribution in [3.05, 3.63) is 146 Å². The second kappa shape index (κ2) is 79.0. The van der Waals surface area contributed by atoms with Gasteiger partial charge >= 0.3 is 33.6 Å². The first kappa shape index (κ1) is 100. The van der Waals surface area contributed by atoms with Crippen LogP contribution in [0.1, 0.15) is 329 Å². The third-order valence-corrected chi connectivity index (χ3v) is 18.9. The third-order valence-electron chi connectivity index (χ3n) is 17.0. The fourth-order valence-corrected chi connectivity index (χ4v) is 12.4. The van der Waals surface area contributed by atoms with Crippen molar-refractivity contribution in [2.75, 3.05) is 39.6 Å². The molecule has 18 heteroatoms. The van der Waals surface area contributed by atoms with Gasteiger partial charge in [-0.25, -0.2) is 9.13 Å². The highest BCUT2D eigenvalue weighted by molar-refractivity contribution is 7.47. The summed E-state index contributed by atoms with van der Waals surface area (Å²) in [7, 11) is -9.79. The lowest BCUT2D eigenvalue weighted by Gasteiger charge is -2.21. The Bertz CT molecular complexity index is 2490. The zero-order valence-corrected chi connectivity index (χ0v) is 67.6. The van der Waals surface area contributed by atoms with Gasteiger partial charge in [0.1, 0.15) is 25.4 Å². The number of allylic oxidation sites excluding steroid dienone is 24. The van der Waals surface area contributed by atoms with Gasteiger partial charge in [0.15, 0.2) is 6.10 Å². The van der Waals surface area contributed by atoms with Gasteiger partial charge < -0.3 is 34.2 Å². The van der Waals surface area contributed by atoms with Crippen molar-refractivity contribution in [3.63, 3.8) is 0 Å². The number of carbonyl (C=O) groups excluding carboxylic acids is 3. The van der Waals surface area contributed by atoms with E-state index in [1.165, 1.54) is 103 Å². The molecule has 0 radical (unpaired) electrons. The zero-order valence-electron chi connectivity index (χ0n) is 65.9. The topological polar surface area (TPSA) is 231 Å². The van der Waals surface area contributed by atoms with E-state index in [1.54, 1.807) is 0 Å². The van der Waals surface area contributed by atoms with Gasteiger partial charge in [-0.3, -0.25) is 32.5 Å².